The topological polar surface area (TPSA) is 111 Å². The summed E-state index contributed by atoms with van der Waals surface area (Å²) in [6.07, 6.45) is -2.05. The fraction of sp³-hybridized carbons (Fsp3) is 0.457. The summed E-state index contributed by atoms with van der Waals surface area (Å²) in [5, 5.41) is 13.0. The van der Waals surface area contributed by atoms with Crippen LogP contribution in [-0.4, -0.2) is 61.9 Å². The number of nitriles is 1. The molecule has 0 saturated carbocycles. The first kappa shape index (κ1) is 36.5. The zero-order valence-corrected chi connectivity index (χ0v) is 28.6. The van der Waals surface area contributed by atoms with Crippen LogP contribution in [0, 0.1) is 22.7 Å². The average molecular weight is 685 g/mol. The van der Waals surface area contributed by atoms with Gasteiger partial charge in [-0.25, -0.2) is 4.98 Å². The molecular formula is C35H40ClF3N6O3. The zero-order chi connectivity index (χ0) is 35.6. The number of imidazole rings is 1. The van der Waals surface area contributed by atoms with Crippen molar-refractivity contribution in [3.05, 3.63) is 70.3 Å². The van der Waals surface area contributed by atoms with E-state index in [9.17, 15) is 32.8 Å². The number of rotatable bonds is 9. The number of benzene rings is 2. The Bertz CT molecular complexity index is 1750. The SMILES string of the molecule is CC(C)/C=C(\C#N)C(=O)N1CCCC1Cn1c(NC(=O)c2ccc(Cl)cc2)nc2cc(CN(C(=O)C(F)(F)F)[C@@H](C)C(C)(C)C)ccc21. The van der Waals surface area contributed by atoms with Gasteiger partial charge in [-0.2, -0.15) is 18.4 Å². The van der Waals surface area contributed by atoms with E-state index in [2.05, 4.69) is 10.3 Å². The number of hydrogen-bond donors (Lipinski definition) is 1. The molecule has 48 heavy (non-hydrogen) atoms. The van der Waals surface area contributed by atoms with E-state index in [0.717, 1.165) is 11.3 Å². The molecule has 1 saturated heterocycles. The van der Waals surface area contributed by atoms with E-state index in [-0.39, 0.29) is 42.5 Å². The lowest BCUT2D eigenvalue weighted by molar-refractivity contribution is -0.190. The number of nitrogens with zero attached hydrogens (tertiary/aromatic N) is 5. The summed E-state index contributed by atoms with van der Waals surface area (Å²) >= 11 is 6.00. The Kier molecular flexibility index (Phi) is 10.9. The lowest BCUT2D eigenvalue weighted by Gasteiger charge is -2.38. The molecule has 1 aliphatic heterocycles. The molecule has 2 atom stereocenters. The molecule has 1 unspecified atom stereocenters. The van der Waals surface area contributed by atoms with Crippen molar-refractivity contribution in [3.8, 4) is 6.07 Å². The summed E-state index contributed by atoms with van der Waals surface area (Å²) in [6.45, 7) is 11.0. The standard InChI is InChI=1S/C35H40ClF3N6O3/c1-21(2)16-25(18-40)31(47)43-15-7-8-27(43)20-45-29-14-9-23(19-44(22(3)34(4,5)6)32(48)35(37,38)39)17-28(29)41-33(45)42-30(46)24-10-12-26(36)13-11-24/h9-14,16-17,21-22,27H,7-8,15,19-20H2,1-6H3,(H,41,42,46)/b25-16+/t22-,27?/m0/s1. The smallest absolute Gasteiger partial charge is 0.333 e. The first-order chi connectivity index (χ1) is 22.4. The van der Waals surface area contributed by atoms with Crippen LogP contribution in [0.2, 0.25) is 5.02 Å². The minimum Gasteiger partial charge on any atom is -0.333 e. The van der Waals surface area contributed by atoms with Crippen molar-refractivity contribution < 1.29 is 27.6 Å². The molecule has 1 aliphatic rings. The van der Waals surface area contributed by atoms with Crippen LogP contribution in [-0.2, 0) is 22.7 Å². The number of anilines is 1. The van der Waals surface area contributed by atoms with Gasteiger partial charge in [0.25, 0.3) is 11.8 Å². The van der Waals surface area contributed by atoms with E-state index in [1.165, 1.54) is 0 Å². The molecule has 0 aliphatic carbocycles. The van der Waals surface area contributed by atoms with E-state index < -0.39 is 29.4 Å². The summed E-state index contributed by atoms with van der Waals surface area (Å²) < 4.78 is 42.7. The predicted octanol–water partition coefficient (Wildman–Crippen LogP) is 7.36. The lowest BCUT2D eigenvalue weighted by Crippen LogP contribution is -2.50. The quantitative estimate of drug-likeness (QED) is 0.187. The van der Waals surface area contributed by atoms with Gasteiger partial charge in [0.1, 0.15) is 11.6 Å². The molecule has 1 N–H and O–H groups in total. The lowest BCUT2D eigenvalue weighted by atomic mass is 9.86. The van der Waals surface area contributed by atoms with E-state index in [1.54, 1.807) is 85.7 Å². The third-order valence-corrected chi connectivity index (χ3v) is 8.86. The number of likely N-dealkylation sites (tertiary alicyclic amines) is 1. The van der Waals surface area contributed by atoms with Gasteiger partial charge < -0.3 is 14.4 Å². The number of carbonyl (C=O) groups excluding carboxylic acids is 3. The Labute approximate surface area is 283 Å². The molecule has 256 valence electrons. The molecule has 1 fully saturated rings. The molecule has 3 amide bonds. The first-order valence-electron chi connectivity index (χ1n) is 15.8. The van der Waals surface area contributed by atoms with Crippen LogP contribution in [0.15, 0.2) is 54.1 Å². The van der Waals surface area contributed by atoms with Crippen LogP contribution in [0.5, 0.6) is 0 Å². The molecule has 3 aromatic rings. The summed E-state index contributed by atoms with van der Waals surface area (Å²) in [5.74, 6) is -2.59. The normalized spacial score (nSPS) is 16.2. The Morgan fingerprint density at radius 1 is 1.12 bits per heavy atom. The molecule has 2 heterocycles. The summed E-state index contributed by atoms with van der Waals surface area (Å²) in [4.78, 5) is 46.4. The number of hydrogen-bond acceptors (Lipinski definition) is 5. The second kappa shape index (κ2) is 14.4. The van der Waals surface area contributed by atoms with Gasteiger partial charge in [0.05, 0.1) is 17.1 Å². The predicted molar refractivity (Wildman–Crippen MR) is 178 cm³/mol. The van der Waals surface area contributed by atoms with Crippen LogP contribution in [0.25, 0.3) is 11.0 Å². The zero-order valence-electron chi connectivity index (χ0n) is 27.9. The molecule has 9 nitrogen and oxygen atoms in total. The summed E-state index contributed by atoms with van der Waals surface area (Å²) in [7, 11) is 0. The number of aromatic nitrogens is 2. The maximum Gasteiger partial charge on any atom is 0.471 e. The number of fused-ring (bicyclic) bond motifs is 1. The van der Waals surface area contributed by atoms with E-state index >= 15 is 0 Å². The summed E-state index contributed by atoms with van der Waals surface area (Å²) in [6, 6.07) is 12.2. The third-order valence-electron chi connectivity index (χ3n) is 8.60. The number of halogens is 4. The van der Waals surface area contributed by atoms with E-state index in [4.69, 9.17) is 11.6 Å². The summed E-state index contributed by atoms with van der Waals surface area (Å²) in [5.41, 5.74) is 1.13. The Morgan fingerprint density at radius 2 is 1.79 bits per heavy atom. The van der Waals surface area contributed by atoms with Crippen molar-refractivity contribution in [2.75, 3.05) is 11.9 Å². The number of nitrogens with one attached hydrogen (secondary N) is 1. The van der Waals surface area contributed by atoms with E-state index in [0.29, 0.717) is 40.1 Å². The average Bonchev–Trinajstić information content (AvgIpc) is 3.61. The van der Waals surface area contributed by atoms with Crippen LogP contribution in [0.4, 0.5) is 19.1 Å². The third kappa shape index (κ3) is 8.37. The van der Waals surface area contributed by atoms with Gasteiger partial charge >= 0.3 is 12.1 Å². The number of amides is 3. The molecule has 4 rings (SSSR count). The highest BCUT2D eigenvalue weighted by molar-refractivity contribution is 6.30. The largest absolute Gasteiger partial charge is 0.471 e. The molecule has 13 heteroatoms. The van der Waals surface area contributed by atoms with Crippen LogP contribution in [0.1, 0.15) is 70.3 Å². The van der Waals surface area contributed by atoms with Crippen molar-refractivity contribution in [2.24, 2.45) is 11.3 Å². The molecule has 0 radical (unpaired) electrons. The van der Waals surface area contributed by atoms with Crippen molar-refractivity contribution in [1.82, 2.24) is 19.4 Å². The van der Waals surface area contributed by atoms with E-state index in [1.807, 2.05) is 19.9 Å². The Balaban J connectivity index is 1.75. The van der Waals surface area contributed by atoms with Gasteiger partial charge in [-0.3, -0.25) is 19.7 Å². The molecule has 2 aromatic carbocycles. The van der Waals surface area contributed by atoms with Gasteiger partial charge in [0.2, 0.25) is 5.95 Å². The minimum absolute atomic E-state index is 0.000130. The van der Waals surface area contributed by atoms with Gasteiger partial charge in [0.15, 0.2) is 0 Å². The fourth-order valence-corrected chi connectivity index (χ4v) is 5.81. The van der Waals surface area contributed by atoms with Gasteiger partial charge in [-0.15, -0.1) is 0 Å². The fourth-order valence-electron chi connectivity index (χ4n) is 5.69. The van der Waals surface area contributed by atoms with Gasteiger partial charge in [-0.05, 0) is 73.1 Å². The molecule has 0 bridgehead atoms. The minimum atomic E-state index is -5.05. The highest BCUT2D eigenvalue weighted by atomic mass is 35.5. The highest BCUT2D eigenvalue weighted by Gasteiger charge is 2.45. The second-order valence-electron chi connectivity index (χ2n) is 13.5. The number of carbonyl (C=O) groups is 3. The van der Waals surface area contributed by atoms with Crippen molar-refractivity contribution >= 4 is 46.3 Å². The Morgan fingerprint density at radius 3 is 2.38 bits per heavy atom. The monoisotopic (exact) mass is 684 g/mol. The van der Waals surface area contributed by atoms with Crippen molar-refractivity contribution in [1.29, 1.82) is 5.26 Å². The van der Waals surface area contributed by atoms with Gasteiger partial charge in [-0.1, -0.05) is 58.4 Å². The Hall–Kier alpha value is -4.37. The number of alkyl halides is 3. The second-order valence-corrected chi connectivity index (χ2v) is 14.0. The van der Waals surface area contributed by atoms with Gasteiger partial charge in [0, 0.05) is 36.3 Å². The van der Waals surface area contributed by atoms with Crippen LogP contribution >= 0.6 is 11.6 Å². The van der Waals surface area contributed by atoms with Crippen molar-refractivity contribution in [2.45, 2.75) is 85.7 Å². The molecule has 1 aromatic heterocycles. The highest BCUT2D eigenvalue weighted by Crippen LogP contribution is 2.32. The maximum absolute atomic E-state index is 13.7. The number of allylic oxidation sites excluding steroid dienone is 1. The van der Waals surface area contributed by atoms with Crippen molar-refractivity contribution in [3.63, 3.8) is 0 Å². The molecule has 0 spiro atoms. The maximum atomic E-state index is 13.7. The van der Waals surface area contributed by atoms with Crippen LogP contribution in [0.3, 0.4) is 0 Å². The van der Waals surface area contributed by atoms with Crippen LogP contribution < -0.4 is 5.32 Å². The first-order valence-corrected chi connectivity index (χ1v) is 16.1. The molecular weight excluding hydrogens is 645 g/mol.